The molecule has 18 heavy (non-hydrogen) atoms. The van der Waals surface area contributed by atoms with E-state index in [1.165, 1.54) is 5.56 Å². The Morgan fingerprint density at radius 1 is 1.33 bits per heavy atom. The summed E-state index contributed by atoms with van der Waals surface area (Å²) in [6.07, 6.45) is 1.98. The van der Waals surface area contributed by atoms with Crippen molar-refractivity contribution in [3.8, 4) is 0 Å². The van der Waals surface area contributed by atoms with Gasteiger partial charge in [-0.25, -0.2) is 0 Å². The van der Waals surface area contributed by atoms with Gasteiger partial charge < -0.3 is 5.11 Å². The number of benzene rings is 1. The largest absolute Gasteiger partial charge is 0.480 e. The normalized spacial score (nSPS) is 13.6. The highest BCUT2D eigenvalue weighted by molar-refractivity contribution is 5.77. The molecule has 0 saturated heterocycles. The minimum Gasteiger partial charge on any atom is -0.480 e. The second-order valence-electron chi connectivity index (χ2n) is 5.19. The number of carbonyl (C=O) groups is 1. The standard InChI is InChI=1S/C15H23NO2/c1-5-9-13(12-10-7-6-8-11-12)16(4)15(2,3)14(17)18/h6-8,10-11,13H,5,9H2,1-4H3,(H,17,18). The van der Waals surface area contributed by atoms with Gasteiger partial charge in [0.2, 0.25) is 0 Å². The summed E-state index contributed by atoms with van der Waals surface area (Å²) in [4.78, 5) is 13.3. The minimum atomic E-state index is -0.865. The molecular weight excluding hydrogens is 226 g/mol. The summed E-state index contributed by atoms with van der Waals surface area (Å²) >= 11 is 0. The van der Waals surface area contributed by atoms with E-state index in [0.717, 1.165) is 12.8 Å². The van der Waals surface area contributed by atoms with E-state index < -0.39 is 11.5 Å². The van der Waals surface area contributed by atoms with Crippen LogP contribution in [-0.2, 0) is 4.79 Å². The van der Waals surface area contributed by atoms with Crippen molar-refractivity contribution in [3.05, 3.63) is 35.9 Å². The number of aliphatic carboxylic acids is 1. The molecule has 1 N–H and O–H groups in total. The number of rotatable bonds is 6. The van der Waals surface area contributed by atoms with Crippen LogP contribution in [0.15, 0.2) is 30.3 Å². The molecule has 0 spiro atoms. The first kappa shape index (κ1) is 14.7. The van der Waals surface area contributed by atoms with Gasteiger partial charge in [0.25, 0.3) is 0 Å². The molecule has 0 bridgehead atoms. The zero-order valence-corrected chi connectivity index (χ0v) is 11.7. The van der Waals surface area contributed by atoms with E-state index in [-0.39, 0.29) is 6.04 Å². The van der Waals surface area contributed by atoms with Gasteiger partial charge in [0.1, 0.15) is 5.54 Å². The van der Waals surface area contributed by atoms with Crippen molar-refractivity contribution in [2.45, 2.75) is 45.2 Å². The Labute approximate surface area is 109 Å². The maximum atomic E-state index is 11.4. The molecule has 1 aromatic rings. The maximum Gasteiger partial charge on any atom is 0.323 e. The van der Waals surface area contributed by atoms with Crippen molar-refractivity contribution in [1.82, 2.24) is 4.90 Å². The van der Waals surface area contributed by atoms with Crippen LogP contribution in [-0.4, -0.2) is 28.6 Å². The molecule has 0 amide bonds. The number of carboxylic acid groups (broad SMARTS) is 1. The molecule has 0 heterocycles. The first-order valence-electron chi connectivity index (χ1n) is 6.42. The van der Waals surface area contributed by atoms with Gasteiger partial charge in [0.15, 0.2) is 0 Å². The third-order valence-corrected chi connectivity index (χ3v) is 3.62. The van der Waals surface area contributed by atoms with E-state index in [9.17, 15) is 9.90 Å². The highest BCUT2D eigenvalue weighted by atomic mass is 16.4. The van der Waals surface area contributed by atoms with Gasteiger partial charge in [-0.3, -0.25) is 9.69 Å². The average Bonchev–Trinajstić information content (AvgIpc) is 2.36. The lowest BCUT2D eigenvalue weighted by Gasteiger charge is -2.38. The lowest BCUT2D eigenvalue weighted by Crippen LogP contribution is -2.49. The Balaban J connectivity index is 3.03. The topological polar surface area (TPSA) is 40.5 Å². The number of carboxylic acids is 1. The molecule has 1 rings (SSSR count). The molecule has 3 nitrogen and oxygen atoms in total. The van der Waals surface area contributed by atoms with E-state index in [1.54, 1.807) is 13.8 Å². The molecule has 100 valence electrons. The minimum absolute atomic E-state index is 0.141. The summed E-state index contributed by atoms with van der Waals surface area (Å²) in [5, 5.41) is 9.33. The predicted molar refractivity (Wildman–Crippen MR) is 73.6 cm³/mol. The van der Waals surface area contributed by atoms with E-state index in [1.807, 2.05) is 30.1 Å². The quantitative estimate of drug-likeness (QED) is 0.840. The van der Waals surface area contributed by atoms with E-state index in [0.29, 0.717) is 0 Å². The second kappa shape index (κ2) is 6.01. The molecule has 1 atom stereocenters. The SMILES string of the molecule is CCCC(c1ccccc1)N(C)C(C)(C)C(=O)O. The van der Waals surface area contributed by atoms with E-state index >= 15 is 0 Å². The van der Waals surface area contributed by atoms with Crippen LogP contribution in [0.3, 0.4) is 0 Å². The van der Waals surface area contributed by atoms with Crippen molar-refractivity contribution < 1.29 is 9.90 Å². The van der Waals surface area contributed by atoms with Gasteiger partial charge >= 0.3 is 5.97 Å². The Kier molecular flexibility index (Phi) is 4.91. The first-order chi connectivity index (χ1) is 8.41. The van der Waals surface area contributed by atoms with Crippen LogP contribution in [0.4, 0.5) is 0 Å². The molecule has 1 aromatic carbocycles. The monoisotopic (exact) mass is 249 g/mol. The molecule has 0 aromatic heterocycles. The van der Waals surface area contributed by atoms with Gasteiger partial charge in [-0.15, -0.1) is 0 Å². The number of nitrogens with zero attached hydrogens (tertiary/aromatic N) is 1. The van der Waals surface area contributed by atoms with Crippen LogP contribution >= 0.6 is 0 Å². The Morgan fingerprint density at radius 3 is 2.33 bits per heavy atom. The number of likely N-dealkylation sites (N-methyl/N-ethyl adjacent to an activating group) is 1. The smallest absolute Gasteiger partial charge is 0.323 e. The predicted octanol–water partition coefficient (Wildman–Crippen LogP) is 3.32. The van der Waals surface area contributed by atoms with Crippen LogP contribution in [0.2, 0.25) is 0 Å². The zero-order valence-electron chi connectivity index (χ0n) is 11.7. The Morgan fingerprint density at radius 2 is 1.89 bits per heavy atom. The van der Waals surface area contributed by atoms with Crippen molar-refractivity contribution in [2.24, 2.45) is 0 Å². The van der Waals surface area contributed by atoms with Gasteiger partial charge in [-0.1, -0.05) is 43.7 Å². The van der Waals surface area contributed by atoms with Gasteiger partial charge in [0, 0.05) is 6.04 Å². The average molecular weight is 249 g/mol. The van der Waals surface area contributed by atoms with Crippen LogP contribution in [0.5, 0.6) is 0 Å². The molecule has 0 aliphatic carbocycles. The summed E-state index contributed by atoms with van der Waals surface area (Å²) in [5.41, 5.74) is 0.312. The molecule has 0 saturated carbocycles. The maximum absolute atomic E-state index is 11.4. The molecule has 0 aliphatic rings. The lowest BCUT2D eigenvalue weighted by molar-refractivity contribution is -0.150. The first-order valence-corrected chi connectivity index (χ1v) is 6.42. The summed E-state index contributed by atoms with van der Waals surface area (Å²) < 4.78 is 0. The van der Waals surface area contributed by atoms with Crippen LogP contribution < -0.4 is 0 Å². The fourth-order valence-electron chi connectivity index (χ4n) is 2.07. The lowest BCUT2D eigenvalue weighted by atomic mass is 9.94. The fraction of sp³-hybridized carbons (Fsp3) is 0.533. The van der Waals surface area contributed by atoms with Crippen molar-refractivity contribution in [3.63, 3.8) is 0 Å². The summed E-state index contributed by atoms with van der Waals surface area (Å²) in [6.45, 7) is 5.62. The Hall–Kier alpha value is -1.35. The van der Waals surface area contributed by atoms with Gasteiger partial charge in [0.05, 0.1) is 0 Å². The second-order valence-corrected chi connectivity index (χ2v) is 5.19. The molecule has 3 heteroatoms. The third kappa shape index (κ3) is 3.10. The third-order valence-electron chi connectivity index (χ3n) is 3.62. The summed E-state index contributed by atoms with van der Waals surface area (Å²) in [7, 11) is 1.89. The molecule has 0 radical (unpaired) electrons. The van der Waals surface area contributed by atoms with E-state index in [2.05, 4.69) is 19.1 Å². The van der Waals surface area contributed by atoms with Crippen LogP contribution in [0, 0.1) is 0 Å². The van der Waals surface area contributed by atoms with Gasteiger partial charge in [-0.05, 0) is 32.9 Å². The summed E-state index contributed by atoms with van der Waals surface area (Å²) in [6, 6.07) is 10.2. The molecular formula is C15H23NO2. The Bertz CT molecular complexity index is 387. The van der Waals surface area contributed by atoms with Gasteiger partial charge in [-0.2, -0.15) is 0 Å². The number of hydrogen-bond acceptors (Lipinski definition) is 2. The molecule has 0 aliphatic heterocycles. The van der Waals surface area contributed by atoms with Crippen LogP contribution in [0.1, 0.15) is 45.2 Å². The number of hydrogen-bond donors (Lipinski definition) is 1. The molecule has 0 fully saturated rings. The highest BCUT2D eigenvalue weighted by Gasteiger charge is 2.36. The van der Waals surface area contributed by atoms with E-state index in [4.69, 9.17) is 0 Å². The zero-order chi connectivity index (χ0) is 13.8. The van der Waals surface area contributed by atoms with Crippen molar-refractivity contribution >= 4 is 5.97 Å². The van der Waals surface area contributed by atoms with Crippen molar-refractivity contribution in [2.75, 3.05) is 7.05 Å². The fourth-order valence-corrected chi connectivity index (χ4v) is 2.07. The molecule has 1 unspecified atom stereocenters. The van der Waals surface area contributed by atoms with Crippen molar-refractivity contribution in [1.29, 1.82) is 0 Å². The highest BCUT2D eigenvalue weighted by Crippen LogP contribution is 2.30. The van der Waals surface area contributed by atoms with Crippen LogP contribution in [0.25, 0.3) is 0 Å². The summed E-state index contributed by atoms with van der Waals surface area (Å²) in [5.74, 6) is -0.790.